The second-order valence-corrected chi connectivity index (χ2v) is 4.55. The van der Waals surface area contributed by atoms with Crippen molar-refractivity contribution in [1.82, 2.24) is 5.32 Å². The molecule has 1 aromatic rings. The van der Waals surface area contributed by atoms with Crippen LogP contribution in [0.2, 0.25) is 0 Å². The molecule has 0 saturated heterocycles. The molecular formula is C12H17NO2S. The number of benzene rings is 1. The Labute approximate surface area is 100 Å². The normalized spacial score (nSPS) is 12.2. The molecule has 0 aliphatic heterocycles. The second-order valence-electron chi connectivity index (χ2n) is 3.69. The number of hydrogen-bond acceptors (Lipinski definition) is 3. The number of rotatable bonds is 5. The van der Waals surface area contributed by atoms with Gasteiger partial charge in [0.25, 0.3) is 5.91 Å². The van der Waals surface area contributed by atoms with Gasteiger partial charge in [0.1, 0.15) is 0 Å². The summed E-state index contributed by atoms with van der Waals surface area (Å²) < 4.78 is 0. The van der Waals surface area contributed by atoms with E-state index in [1.54, 1.807) is 18.7 Å². The van der Waals surface area contributed by atoms with Gasteiger partial charge in [0.05, 0.1) is 6.61 Å². The van der Waals surface area contributed by atoms with Gasteiger partial charge in [-0.05, 0) is 30.9 Å². The first kappa shape index (κ1) is 13.1. The highest BCUT2D eigenvalue weighted by molar-refractivity contribution is 7.97. The molecule has 16 heavy (non-hydrogen) atoms. The number of thioether (sulfide) groups is 1. The molecule has 0 fully saturated rings. The van der Waals surface area contributed by atoms with Crippen LogP contribution in [-0.4, -0.2) is 29.9 Å². The highest BCUT2D eigenvalue weighted by atomic mass is 32.2. The van der Waals surface area contributed by atoms with Gasteiger partial charge in [0.15, 0.2) is 0 Å². The van der Waals surface area contributed by atoms with Gasteiger partial charge < -0.3 is 10.4 Å². The quantitative estimate of drug-likeness (QED) is 0.821. The van der Waals surface area contributed by atoms with Crippen molar-refractivity contribution in [2.75, 3.05) is 12.9 Å². The van der Waals surface area contributed by atoms with Crippen LogP contribution >= 0.6 is 11.8 Å². The van der Waals surface area contributed by atoms with E-state index in [0.29, 0.717) is 5.56 Å². The average molecular weight is 239 g/mol. The largest absolute Gasteiger partial charge is 0.394 e. The zero-order chi connectivity index (χ0) is 12.0. The molecule has 2 N–H and O–H groups in total. The minimum absolute atomic E-state index is 0.0453. The van der Waals surface area contributed by atoms with Gasteiger partial charge >= 0.3 is 0 Å². The van der Waals surface area contributed by atoms with Crippen LogP contribution in [0.3, 0.4) is 0 Å². The second kappa shape index (κ2) is 6.55. The van der Waals surface area contributed by atoms with Crippen LogP contribution in [0, 0.1) is 0 Å². The Kier molecular flexibility index (Phi) is 5.35. The van der Waals surface area contributed by atoms with Gasteiger partial charge in [0, 0.05) is 17.4 Å². The molecule has 88 valence electrons. The van der Waals surface area contributed by atoms with Gasteiger partial charge in [-0.2, -0.15) is 11.8 Å². The maximum Gasteiger partial charge on any atom is 0.251 e. The Morgan fingerprint density at radius 3 is 2.56 bits per heavy atom. The number of nitrogens with one attached hydrogen (secondary N) is 1. The van der Waals surface area contributed by atoms with Crippen LogP contribution in [0.15, 0.2) is 24.3 Å². The number of carbonyl (C=O) groups excluding carboxylic acids is 1. The standard InChI is InChI=1S/C12H17NO2S/c1-9(7-14)13-12(15)11-5-3-10(4-6-11)8-16-2/h3-6,9,14H,7-8H2,1-2H3,(H,13,15). The van der Waals surface area contributed by atoms with Gasteiger partial charge in [-0.3, -0.25) is 4.79 Å². The van der Waals surface area contributed by atoms with Crippen LogP contribution in [0.1, 0.15) is 22.8 Å². The maximum absolute atomic E-state index is 11.7. The number of amides is 1. The summed E-state index contributed by atoms with van der Waals surface area (Å²) in [5, 5.41) is 11.5. The average Bonchev–Trinajstić information content (AvgIpc) is 2.30. The Bertz CT molecular complexity index is 337. The van der Waals surface area contributed by atoms with E-state index in [1.807, 2.05) is 30.5 Å². The summed E-state index contributed by atoms with van der Waals surface area (Å²) in [6.45, 7) is 1.72. The van der Waals surface area contributed by atoms with Crippen molar-refractivity contribution < 1.29 is 9.90 Å². The molecule has 1 aromatic carbocycles. The number of hydrogen-bond donors (Lipinski definition) is 2. The summed E-state index contributed by atoms with van der Waals surface area (Å²) in [6.07, 6.45) is 2.05. The van der Waals surface area contributed by atoms with Gasteiger partial charge in [-0.1, -0.05) is 12.1 Å². The van der Waals surface area contributed by atoms with Crippen LogP contribution in [0.4, 0.5) is 0 Å². The van der Waals surface area contributed by atoms with Crippen LogP contribution in [0.25, 0.3) is 0 Å². The monoisotopic (exact) mass is 239 g/mol. The van der Waals surface area contributed by atoms with Gasteiger partial charge in [0.2, 0.25) is 0 Å². The fourth-order valence-corrected chi connectivity index (χ4v) is 1.80. The SMILES string of the molecule is CSCc1ccc(C(=O)NC(C)CO)cc1. The van der Waals surface area contributed by atoms with E-state index in [0.717, 1.165) is 5.75 Å². The lowest BCUT2D eigenvalue weighted by Crippen LogP contribution is -2.34. The van der Waals surface area contributed by atoms with Crippen LogP contribution < -0.4 is 5.32 Å². The predicted octanol–water partition coefficient (Wildman–Crippen LogP) is 1.66. The zero-order valence-corrected chi connectivity index (χ0v) is 10.4. The summed E-state index contributed by atoms with van der Waals surface area (Å²) in [4.78, 5) is 11.7. The number of carbonyl (C=O) groups is 1. The van der Waals surface area contributed by atoms with E-state index in [9.17, 15) is 4.79 Å². The van der Waals surface area contributed by atoms with E-state index >= 15 is 0 Å². The summed E-state index contributed by atoms with van der Waals surface area (Å²) >= 11 is 1.75. The fourth-order valence-electron chi connectivity index (χ4n) is 1.27. The first-order valence-corrected chi connectivity index (χ1v) is 6.56. The number of aliphatic hydroxyl groups excluding tert-OH is 1. The topological polar surface area (TPSA) is 49.3 Å². The third kappa shape index (κ3) is 3.87. The summed E-state index contributed by atoms with van der Waals surface area (Å²) in [6, 6.07) is 7.32. The van der Waals surface area contributed by atoms with Crippen molar-refractivity contribution >= 4 is 17.7 Å². The van der Waals surface area contributed by atoms with Gasteiger partial charge in [-0.15, -0.1) is 0 Å². The van der Waals surface area contributed by atoms with E-state index in [4.69, 9.17) is 5.11 Å². The smallest absolute Gasteiger partial charge is 0.251 e. The lowest BCUT2D eigenvalue weighted by atomic mass is 10.1. The number of aliphatic hydroxyl groups is 1. The summed E-state index contributed by atoms with van der Waals surface area (Å²) in [5.74, 6) is 0.812. The molecule has 0 saturated carbocycles. The molecular weight excluding hydrogens is 222 g/mol. The molecule has 0 spiro atoms. The van der Waals surface area contributed by atoms with Crippen LogP contribution in [-0.2, 0) is 5.75 Å². The molecule has 0 aromatic heterocycles. The molecule has 4 heteroatoms. The van der Waals surface area contributed by atoms with Crippen molar-refractivity contribution in [3.8, 4) is 0 Å². The Morgan fingerprint density at radius 1 is 1.44 bits per heavy atom. The lowest BCUT2D eigenvalue weighted by molar-refractivity contribution is 0.0922. The maximum atomic E-state index is 11.7. The molecule has 3 nitrogen and oxygen atoms in total. The van der Waals surface area contributed by atoms with Crippen molar-refractivity contribution in [2.45, 2.75) is 18.7 Å². The highest BCUT2D eigenvalue weighted by Crippen LogP contribution is 2.10. The summed E-state index contributed by atoms with van der Waals surface area (Å²) in [5.41, 5.74) is 1.84. The van der Waals surface area contributed by atoms with E-state index in [-0.39, 0.29) is 18.6 Å². The molecule has 0 aliphatic carbocycles. The molecule has 1 atom stereocenters. The molecule has 1 unspecified atom stereocenters. The van der Waals surface area contributed by atoms with Crippen molar-refractivity contribution in [2.24, 2.45) is 0 Å². The van der Waals surface area contributed by atoms with Gasteiger partial charge in [-0.25, -0.2) is 0 Å². The fraction of sp³-hybridized carbons (Fsp3) is 0.417. The van der Waals surface area contributed by atoms with E-state index in [2.05, 4.69) is 5.32 Å². The molecule has 0 aliphatic rings. The summed E-state index contributed by atoms with van der Waals surface area (Å²) in [7, 11) is 0. The third-order valence-corrected chi connectivity index (χ3v) is 2.80. The Morgan fingerprint density at radius 2 is 2.06 bits per heavy atom. The Balaban J connectivity index is 2.63. The molecule has 0 radical (unpaired) electrons. The van der Waals surface area contributed by atoms with Crippen molar-refractivity contribution in [3.05, 3.63) is 35.4 Å². The minimum Gasteiger partial charge on any atom is -0.394 e. The predicted molar refractivity (Wildman–Crippen MR) is 67.7 cm³/mol. The first-order valence-electron chi connectivity index (χ1n) is 5.17. The van der Waals surface area contributed by atoms with E-state index in [1.165, 1.54) is 5.56 Å². The first-order chi connectivity index (χ1) is 7.67. The van der Waals surface area contributed by atoms with E-state index < -0.39 is 0 Å². The Hall–Kier alpha value is -1.00. The third-order valence-electron chi connectivity index (χ3n) is 2.18. The molecule has 0 heterocycles. The molecule has 0 bridgehead atoms. The molecule has 1 rings (SSSR count). The highest BCUT2D eigenvalue weighted by Gasteiger charge is 2.08. The minimum atomic E-state index is -0.210. The lowest BCUT2D eigenvalue weighted by Gasteiger charge is -2.10. The molecule has 1 amide bonds. The van der Waals surface area contributed by atoms with Crippen LogP contribution in [0.5, 0.6) is 0 Å². The van der Waals surface area contributed by atoms with Crippen molar-refractivity contribution in [3.63, 3.8) is 0 Å². The van der Waals surface area contributed by atoms with Crippen molar-refractivity contribution in [1.29, 1.82) is 0 Å². The zero-order valence-electron chi connectivity index (χ0n) is 9.56.